The molecule has 216 valence electrons. The lowest BCUT2D eigenvalue weighted by Gasteiger charge is -2.19. The van der Waals surface area contributed by atoms with Crippen LogP contribution in [0.25, 0.3) is 11.4 Å². The van der Waals surface area contributed by atoms with Crippen LogP contribution in [0.5, 0.6) is 5.75 Å². The Hall–Kier alpha value is -1.55. The largest absolute Gasteiger partial charge is 0.544 e. The van der Waals surface area contributed by atoms with Gasteiger partial charge < -0.3 is 9.41 Å². The number of imidazole rings is 1. The zero-order chi connectivity index (χ0) is 27.5. The fourth-order valence-electron chi connectivity index (χ4n) is 5.25. The molecule has 1 heterocycles. The minimum Gasteiger partial charge on any atom is -0.544 e. The lowest BCUT2D eigenvalue weighted by atomic mass is 10.0. The van der Waals surface area contributed by atoms with Crippen LogP contribution in [0, 0.1) is 0 Å². The van der Waals surface area contributed by atoms with Gasteiger partial charge in [0.2, 0.25) is 8.32 Å². The van der Waals surface area contributed by atoms with Crippen molar-refractivity contribution in [3.8, 4) is 17.1 Å². The van der Waals surface area contributed by atoms with Crippen molar-refractivity contribution in [1.29, 1.82) is 0 Å². The molecule has 0 saturated heterocycles. The van der Waals surface area contributed by atoms with Crippen LogP contribution in [-0.4, -0.2) is 18.3 Å². The summed E-state index contributed by atoms with van der Waals surface area (Å²) < 4.78 is 6.15. The number of aromatic nitrogens is 2. The van der Waals surface area contributed by atoms with Crippen LogP contribution < -0.4 is 4.43 Å². The third-order valence-electron chi connectivity index (χ3n) is 7.46. The van der Waals surface area contributed by atoms with Gasteiger partial charge in [-0.25, -0.2) is 4.98 Å². The van der Waals surface area contributed by atoms with E-state index >= 15 is 0 Å². The van der Waals surface area contributed by atoms with E-state index < -0.39 is 8.32 Å². The van der Waals surface area contributed by atoms with Gasteiger partial charge in [0.25, 0.3) is 0 Å². The first-order valence-electron chi connectivity index (χ1n) is 16.3. The van der Waals surface area contributed by atoms with E-state index in [1.54, 1.807) is 0 Å². The van der Waals surface area contributed by atoms with Crippen molar-refractivity contribution in [2.45, 2.75) is 162 Å². The molecule has 0 amide bonds. The van der Waals surface area contributed by atoms with Gasteiger partial charge in [0, 0.05) is 11.3 Å². The van der Waals surface area contributed by atoms with Crippen molar-refractivity contribution >= 4 is 8.32 Å². The van der Waals surface area contributed by atoms with Crippen molar-refractivity contribution in [3.05, 3.63) is 35.7 Å². The molecule has 0 spiro atoms. The summed E-state index contributed by atoms with van der Waals surface area (Å²) in [5, 5.41) is 0. The predicted octanol–water partition coefficient (Wildman–Crippen LogP) is 11.4. The van der Waals surface area contributed by atoms with Crippen LogP contribution >= 0.6 is 0 Å². The molecule has 1 aromatic heterocycles. The van der Waals surface area contributed by atoms with Crippen LogP contribution in [0.2, 0.25) is 19.6 Å². The van der Waals surface area contributed by atoms with E-state index in [4.69, 9.17) is 9.41 Å². The zero-order valence-electron chi connectivity index (χ0n) is 25.8. The smallest absolute Gasteiger partial charge is 0.242 e. The number of unbranched alkanes of at least 4 members (excludes halogenated alkanes) is 16. The number of aromatic amines is 1. The molecule has 0 fully saturated rings. The Morgan fingerprint density at radius 2 is 1.05 bits per heavy atom. The summed E-state index contributed by atoms with van der Waals surface area (Å²) in [5.41, 5.74) is 3.86. The van der Waals surface area contributed by atoms with E-state index in [1.807, 2.05) is 0 Å². The summed E-state index contributed by atoms with van der Waals surface area (Å²) in [7, 11) is -1.59. The number of hydrogen-bond donors (Lipinski definition) is 1. The lowest BCUT2D eigenvalue weighted by molar-refractivity contribution is 0.558. The van der Waals surface area contributed by atoms with Crippen molar-refractivity contribution in [1.82, 2.24) is 9.97 Å². The number of aryl methyl sites for hydroxylation is 2. The molecule has 0 aliphatic heterocycles. The summed E-state index contributed by atoms with van der Waals surface area (Å²) in [5.74, 6) is 2.01. The minimum absolute atomic E-state index is 0.976. The van der Waals surface area contributed by atoms with Gasteiger partial charge in [-0.05, 0) is 69.6 Å². The highest BCUT2D eigenvalue weighted by atomic mass is 28.4. The molecule has 2 aromatic rings. The van der Waals surface area contributed by atoms with Gasteiger partial charge in [-0.3, -0.25) is 0 Å². The summed E-state index contributed by atoms with van der Waals surface area (Å²) in [6, 6.07) is 8.55. The molecule has 0 aliphatic rings. The predicted molar refractivity (Wildman–Crippen MR) is 170 cm³/mol. The second kappa shape index (κ2) is 19.5. The van der Waals surface area contributed by atoms with E-state index in [-0.39, 0.29) is 0 Å². The normalized spacial score (nSPS) is 11.8. The molecular weight excluding hydrogens is 480 g/mol. The first kappa shape index (κ1) is 32.7. The van der Waals surface area contributed by atoms with Gasteiger partial charge in [-0.15, -0.1) is 0 Å². The Morgan fingerprint density at radius 3 is 1.53 bits per heavy atom. The highest BCUT2D eigenvalue weighted by Gasteiger charge is 2.17. The number of benzene rings is 1. The molecular formula is C34H60N2OSi. The van der Waals surface area contributed by atoms with E-state index in [2.05, 4.69) is 62.7 Å². The molecule has 1 aromatic carbocycles. The fraction of sp³-hybridized carbons (Fsp3) is 0.735. The molecule has 38 heavy (non-hydrogen) atoms. The van der Waals surface area contributed by atoms with Crippen molar-refractivity contribution < 1.29 is 4.43 Å². The molecule has 0 radical (unpaired) electrons. The number of rotatable bonds is 23. The van der Waals surface area contributed by atoms with Gasteiger partial charge >= 0.3 is 0 Å². The van der Waals surface area contributed by atoms with E-state index in [0.717, 1.165) is 24.4 Å². The third-order valence-corrected chi connectivity index (χ3v) is 8.31. The van der Waals surface area contributed by atoms with Crippen LogP contribution in [0.1, 0.15) is 141 Å². The fourth-order valence-corrected chi connectivity index (χ4v) is 6.09. The maximum atomic E-state index is 6.15. The zero-order valence-corrected chi connectivity index (χ0v) is 26.8. The quantitative estimate of drug-likeness (QED) is 0.112. The van der Waals surface area contributed by atoms with Crippen LogP contribution in [0.4, 0.5) is 0 Å². The Bertz CT molecular complexity index is 798. The van der Waals surface area contributed by atoms with Gasteiger partial charge in [0.15, 0.2) is 0 Å². The number of nitrogens with zero attached hydrogens (tertiary/aromatic N) is 1. The van der Waals surface area contributed by atoms with E-state index in [9.17, 15) is 0 Å². The van der Waals surface area contributed by atoms with Crippen LogP contribution in [-0.2, 0) is 12.8 Å². The van der Waals surface area contributed by atoms with Gasteiger partial charge in [-0.2, -0.15) is 0 Å². The molecule has 0 atom stereocenters. The molecule has 4 heteroatoms. The molecule has 0 bridgehead atoms. The second-order valence-electron chi connectivity index (χ2n) is 12.4. The van der Waals surface area contributed by atoms with Gasteiger partial charge in [-0.1, -0.05) is 117 Å². The highest BCUT2D eigenvalue weighted by Crippen LogP contribution is 2.25. The third kappa shape index (κ3) is 14.6. The number of H-pyrrole nitrogens is 1. The van der Waals surface area contributed by atoms with Crippen molar-refractivity contribution in [2.24, 2.45) is 0 Å². The monoisotopic (exact) mass is 540 g/mol. The van der Waals surface area contributed by atoms with E-state index in [0.29, 0.717) is 0 Å². The van der Waals surface area contributed by atoms with Gasteiger partial charge in [0.05, 0.1) is 5.69 Å². The summed E-state index contributed by atoms with van der Waals surface area (Å²) >= 11 is 0. The maximum Gasteiger partial charge on any atom is 0.242 e. The molecule has 0 saturated carbocycles. The molecule has 3 nitrogen and oxygen atoms in total. The van der Waals surface area contributed by atoms with Crippen LogP contribution in [0.15, 0.2) is 24.3 Å². The summed E-state index contributed by atoms with van der Waals surface area (Å²) in [6.07, 6.45) is 26.9. The van der Waals surface area contributed by atoms with Crippen molar-refractivity contribution in [2.75, 3.05) is 0 Å². The first-order chi connectivity index (χ1) is 18.4. The first-order valence-corrected chi connectivity index (χ1v) is 19.7. The molecule has 0 aliphatic carbocycles. The number of nitrogens with one attached hydrogen (secondary N) is 1. The van der Waals surface area contributed by atoms with Gasteiger partial charge in [0.1, 0.15) is 11.6 Å². The topological polar surface area (TPSA) is 37.9 Å². The molecule has 1 N–H and O–H groups in total. The lowest BCUT2D eigenvalue weighted by Crippen LogP contribution is -2.29. The minimum atomic E-state index is -1.59. The standard InChI is InChI=1S/C34H60N2OSi/c1-6-8-10-12-14-16-18-20-22-24-32-33(25-23-21-19-17-15-13-11-9-7-2)36-34(35-32)30-26-28-31(29-27-30)37-38(3,4)5/h26-29H,6-25H2,1-5H3,(H,35,36). The Morgan fingerprint density at radius 1 is 0.605 bits per heavy atom. The average Bonchev–Trinajstić information content (AvgIpc) is 3.29. The van der Waals surface area contributed by atoms with E-state index in [1.165, 1.54) is 133 Å². The SMILES string of the molecule is CCCCCCCCCCCc1nc(-c2ccc(O[Si](C)(C)C)cc2)[nH]c1CCCCCCCCCCC. The Balaban J connectivity index is 1.87. The number of hydrogen-bond acceptors (Lipinski definition) is 2. The summed E-state index contributed by atoms with van der Waals surface area (Å²) in [6.45, 7) is 11.3. The van der Waals surface area contributed by atoms with Crippen LogP contribution in [0.3, 0.4) is 0 Å². The second-order valence-corrected chi connectivity index (χ2v) is 16.8. The average molecular weight is 541 g/mol. The molecule has 0 unspecified atom stereocenters. The highest BCUT2D eigenvalue weighted by molar-refractivity contribution is 6.70. The van der Waals surface area contributed by atoms with Crippen molar-refractivity contribution in [3.63, 3.8) is 0 Å². The Kier molecular flexibility index (Phi) is 16.8. The maximum absolute atomic E-state index is 6.15. The Labute approximate surface area is 237 Å². The molecule has 2 rings (SSSR count). The summed E-state index contributed by atoms with van der Waals surface area (Å²) in [4.78, 5) is 8.85.